The van der Waals surface area contributed by atoms with Crippen LogP contribution in [-0.2, 0) is 4.74 Å². The van der Waals surface area contributed by atoms with Crippen LogP contribution >= 0.6 is 15.9 Å². The molecule has 1 aliphatic rings. The number of morpholine rings is 1. The summed E-state index contributed by atoms with van der Waals surface area (Å²) in [5.74, 6) is -1.02. The molecule has 1 fully saturated rings. The predicted molar refractivity (Wildman–Crippen MR) is 91.5 cm³/mol. The van der Waals surface area contributed by atoms with Gasteiger partial charge in [-0.1, -0.05) is 28.1 Å². The van der Waals surface area contributed by atoms with E-state index in [0.717, 1.165) is 18.8 Å². The number of hydrogen-bond donors (Lipinski definition) is 1. The zero-order chi connectivity index (χ0) is 16.2. The fraction of sp³-hybridized carbons (Fsp3) is 0.235. The van der Waals surface area contributed by atoms with Gasteiger partial charge < -0.3 is 15.0 Å². The molecule has 2 aromatic carbocycles. The Labute approximate surface area is 142 Å². The van der Waals surface area contributed by atoms with Crippen molar-refractivity contribution in [3.8, 4) is 0 Å². The second-order valence-electron chi connectivity index (χ2n) is 5.19. The fourth-order valence-corrected chi connectivity index (χ4v) is 2.86. The number of nitrogens with zero attached hydrogens (tertiary/aromatic N) is 1. The largest absolute Gasteiger partial charge is 0.378 e. The molecular formula is C17H16BrFN2O2. The van der Waals surface area contributed by atoms with Crippen LogP contribution < -0.4 is 10.2 Å². The maximum absolute atomic E-state index is 13.9. The number of nitrogens with one attached hydrogen (secondary N) is 1. The van der Waals surface area contributed by atoms with Crippen molar-refractivity contribution < 1.29 is 13.9 Å². The number of anilines is 2. The molecule has 1 heterocycles. The molecule has 1 amide bonds. The molecule has 4 nitrogen and oxygen atoms in total. The summed E-state index contributed by atoms with van der Waals surface area (Å²) in [4.78, 5) is 14.5. The third-order valence-electron chi connectivity index (χ3n) is 3.68. The Hall–Kier alpha value is -1.92. The first-order chi connectivity index (χ1) is 11.1. The van der Waals surface area contributed by atoms with Crippen LogP contribution in [-0.4, -0.2) is 32.2 Å². The van der Waals surface area contributed by atoms with E-state index in [4.69, 9.17) is 4.74 Å². The highest BCUT2D eigenvalue weighted by Crippen LogP contribution is 2.27. The molecule has 1 aliphatic heterocycles. The van der Waals surface area contributed by atoms with Crippen molar-refractivity contribution in [2.45, 2.75) is 0 Å². The fourth-order valence-electron chi connectivity index (χ4n) is 2.52. The zero-order valence-corrected chi connectivity index (χ0v) is 14.0. The maximum Gasteiger partial charge on any atom is 0.258 e. The predicted octanol–water partition coefficient (Wildman–Crippen LogP) is 3.68. The Kier molecular flexibility index (Phi) is 4.93. The number of hydrogen-bond acceptors (Lipinski definition) is 3. The highest BCUT2D eigenvalue weighted by Gasteiger charge is 2.17. The summed E-state index contributed by atoms with van der Waals surface area (Å²) in [7, 11) is 0. The average Bonchev–Trinajstić information content (AvgIpc) is 2.56. The summed E-state index contributed by atoms with van der Waals surface area (Å²) in [6, 6.07) is 11.9. The van der Waals surface area contributed by atoms with Gasteiger partial charge in [-0.05, 0) is 30.3 Å². The van der Waals surface area contributed by atoms with Crippen LogP contribution in [0.5, 0.6) is 0 Å². The van der Waals surface area contributed by atoms with E-state index in [9.17, 15) is 9.18 Å². The Bertz CT molecular complexity index is 717. The first kappa shape index (κ1) is 16.0. The van der Waals surface area contributed by atoms with Crippen LogP contribution in [0.1, 0.15) is 10.4 Å². The second-order valence-corrected chi connectivity index (χ2v) is 6.11. The topological polar surface area (TPSA) is 41.6 Å². The highest BCUT2D eigenvalue weighted by atomic mass is 79.9. The zero-order valence-electron chi connectivity index (χ0n) is 12.4. The van der Waals surface area contributed by atoms with Crippen LogP contribution in [0.15, 0.2) is 46.9 Å². The normalized spacial score (nSPS) is 14.6. The van der Waals surface area contributed by atoms with Gasteiger partial charge in [0, 0.05) is 17.6 Å². The van der Waals surface area contributed by atoms with Crippen LogP contribution in [0, 0.1) is 5.82 Å². The van der Waals surface area contributed by atoms with E-state index in [0.29, 0.717) is 23.4 Å². The van der Waals surface area contributed by atoms with Crippen molar-refractivity contribution in [1.82, 2.24) is 0 Å². The number of carbonyl (C=O) groups excluding carboxylic acids is 1. The minimum absolute atomic E-state index is 0.0185. The van der Waals surface area contributed by atoms with Crippen molar-refractivity contribution in [3.05, 3.63) is 58.3 Å². The van der Waals surface area contributed by atoms with E-state index < -0.39 is 11.7 Å². The van der Waals surface area contributed by atoms with E-state index in [1.54, 1.807) is 6.07 Å². The number of ether oxygens (including phenoxy) is 1. The lowest BCUT2D eigenvalue weighted by atomic mass is 10.1. The van der Waals surface area contributed by atoms with Crippen molar-refractivity contribution >= 4 is 33.2 Å². The van der Waals surface area contributed by atoms with Crippen LogP contribution in [0.25, 0.3) is 0 Å². The number of benzene rings is 2. The lowest BCUT2D eigenvalue weighted by Crippen LogP contribution is -2.36. The molecule has 0 atom stereocenters. The molecule has 0 aliphatic carbocycles. The summed E-state index contributed by atoms with van der Waals surface area (Å²) >= 11 is 3.19. The lowest BCUT2D eigenvalue weighted by Gasteiger charge is -2.30. The molecule has 2 aromatic rings. The summed E-state index contributed by atoms with van der Waals surface area (Å²) in [5.41, 5.74) is 1.60. The molecule has 23 heavy (non-hydrogen) atoms. The lowest BCUT2D eigenvalue weighted by molar-refractivity contribution is 0.102. The highest BCUT2D eigenvalue weighted by molar-refractivity contribution is 9.10. The van der Waals surface area contributed by atoms with Gasteiger partial charge in [0.05, 0.1) is 30.2 Å². The smallest absolute Gasteiger partial charge is 0.258 e. The van der Waals surface area contributed by atoms with E-state index in [1.165, 1.54) is 12.1 Å². The Balaban J connectivity index is 1.83. The van der Waals surface area contributed by atoms with Gasteiger partial charge in [-0.15, -0.1) is 0 Å². The number of halogens is 2. The molecule has 1 N–H and O–H groups in total. The summed E-state index contributed by atoms with van der Waals surface area (Å²) in [6.45, 7) is 2.84. The molecule has 1 saturated heterocycles. The second kappa shape index (κ2) is 7.10. The number of para-hydroxylation sites is 2. The molecule has 120 valence electrons. The first-order valence-corrected chi connectivity index (χ1v) is 8.12. The van der Waals surface area contributed by atoms with E-state index in [2.05, 4.69) is 26.1 Å². The standard InChI is InChI=1S/C17H16BrFN2O2/c18-12-5-6-13(14(19)11-12)17(22)20-15-3-1-2-4-16(15)21-7-9-23-10-8-21/h1-6,11H,7-10H2,(H,20,22). The molecule has 3 rings (SSSR count). The first-order valence-electron chi connectivity index (χ1n) is 7.33. The Morgan fingerprint density at radius 3 is 2.65 bits per heavy atom. The minimum Gasteiger partial charge on any atom is -0.378 e. The van der Waals surface area contributed by atoms with E-state index >= 15 is 0 Å². The van der Waals surface area contributed by atoms with Gasteiger partial charge in [-0.3, -0.25) is 4.79 Å². The van der Waals surface area contributed by atoms with Gasteiger partial charge in [0.25, 0.3) is 5.91 Å². The Morgan fingerprint density at radius 1 is 1.17 bits per heavy atom. The molecule has 0 unspecified atom stereocenters. The Morgan fingerprint density at radius 2 is 1.91 bits per heavy atom. The van der Waals surface area contributed by atoms with Gasteiger partial charge in [-0.25, -0.2) is 4.39 Å². The van der Waals surface area contributed by atoms with Crippen molar-refractivity contribution in [2.75, 3.05) is 36.5 Å². The summed E-state index contributed by atoms with van der Waals surface area (Å²) < 4.78 is 19.9. The molecule has 0 aromatic heterocycles. The van der Waals surface area contributed by atoms with E-state index in [-0.39, 0.29) is 5.56 Å². The van der Waals surface area contributed by atoms with Gasteiger partial charge in [0.15, 0.2) is 0 Å². The molecule has 0 bridgehead atoms. The van der Waals surface area contributed by atoms with Crippen molar-refractivity contribution in [1.29, 1.82) is 0 Å². The van der Waals surface area contributed by atoms with Crippen molar-refractivity contribution in [2.24, 2.45) is 0 Å². The number of rotatable bonds is 3. The number of amides is 1. The van der Waals surface area contributed by atoms with Crippen molar-refractivity contribution in [3.63, 3.8) is 0 Å². The summed E-state index contributed by atoms with van der Waals surface area (Å²) in [6.07, 6.45) is 0. The molecule has 0 saturated carbocycles. The van der Waals surface area contributed by atoms with Gasteiger partial charge >= 0.3 is 0 Å². The summed E-state index contributed by atoms with van der Waals surface area (Å²) in [5, 5.41) is 2.81. The van der Waals surface area contributed by atoms with E-state index in [1.807, 2.05) is 24.3 Å². The van der Waals surface area contributed by atoms with Gasteiger partial charge in [0.1, 0.15) is 5.82 Å². The quantitative estimate of drug-likeness (QED) is 0.885. The molecule has 0 radical (unpaired) electrons. The monoisotopic (exact) mass is 378 g/mol. The number of carbonyl (C=O) groups is 1. The van der Waals surface area contributed by atoms with Gasteiger partial charge in [0.2, 0.25) is 0 Å². The third kappa shape index (κ3) is 3.71. The molecule has 6 heteroatoms. The average molecular weight is 379 g/mol. The SMILES string of the molecule is O=C(Nc1ccccc1N1CCOCC1)c1ccc(Br)cc1F. The minimum atomic E-state index is -0.555. The maximum atomic E-state index is 13.9. The van der Waals surface area contributed by atoms with Crippen LogP contribution in [0.3, 0.4) is 0 Å². The molecule has 0 spiro atoms. The van der Waals surface area contributed by atoms with Gasteiger partial charge in [-0.2, -0.15) is 0 Å². The van der Waals surface area contributed by atoms with Crippen LogP contribution in [0.2, 0.25) is 0 Å². The third-order valence-corrected chi connectivity index (χ3v) is 4.17. The molecular weight excluding hydrogens is 363 g/mol. The van der Waals surface area contributed by atoms with Crippen LogP contribution in [0.4, 0.5) is 15.8 Å².